The number of hydrogen-bond donors (Lipinski definition) is 1. The van der Waals surface area contributed by atoms with Gasteiger partial charge in [0.05, 0.1) is 25.8 Å². The van der Waals surface area contributed by atoms with Gasteiger partial charge in [-0.25, -0.2) is 0 Å². The molecule has 0 aliphatic heterocycles. The molecule has 1 N–H and O–H groups in total. The summed E-state index contributed by atoms with van der Waals surface area (Å²) in [4.78, 5) is 2.27. The third-order valence-electron chi connectivity index (χ3n) is 4.52. The van der Waals surface area contributed by atoms with E-state index in [-0.39, 0.29) is 11.6 Å². The molecule has 1 rings (SSSR count). The maximum atomic E-state index is 5.60. The van der Waals surface area contributed by atoms with Gasteiger partial charge >= 0.3 is 0 Å². The molecule has 0 aliphatic carbocycles. The predicted octanol–water partition coefficient (Wildman–Crippen LogP) is 3.08. The number of benzene rings is 1. The highest BCUT2D eigenvalue weighted by molar-refractivity contribution is 5.48. The predicted molar refractivity (Wildman–Crippen MR) is 88.3 cm³/mol. The van der Waals surface area contributed by atoms with Crippen molar-refractivity contribution < 1.29 is 9.47 Å². The highest BCUT2D eigenvalue weighted by Gasteiger charge is 2.38. The van der Waals surface area contributed by atoms with Crippen molar-refractivity contribution in [3.8, 4) is 11.5 Å². The zero-order valence-corrected chi connectivity index (χ0v) is 14.5. The maximum Gasteiger partial charge on any atom is 0.127 e. The van der Waals surface area contributed by atoms with Crippen LogP contribution in [0.5, 0.6) is 11.5 Å². The normalized spacial score (nSPS) is 15.6. The number of hydrogen-bond acceptors (Lipinski definition) is 4. The minimum atomic E-state index is -0.0437. The van der Waals surface area contributed by atoms with Crippen LogP contribution in [0.4, 0.5) is 0 Å². The number of nitrogens with one attached hydrogen (secondary N) is 1. The molecule has 0 fully saturated rings. The molecule has 0 radical (unpaired) electrons. The van der Waals surface area contributed by atoms with Gasteiger partial charge in [0, 0.05) is 5.54 Å². The van der Waals surface area contributed by atoms with E-state index in [1.54, 1.807) is 14.2 Å². The molecule has 0 aliphatic rings. The summed E-state index contributed by atoms with van der Waals surface area (Å²) in [7, 11) is 7.66. The second-order valence-electron chi connectivity index (χ2n) is 5.67. The Labute approximate surface area is 129 Å². The first-order chi connectivity index (χ1) is 9.96. The van der Waals surface area contributed by atoms with Crippen LogP contribution in [0.3, 0.4) is 0 Å². The fraction of sp³-hybridized carbons (Fsp3) is 0.647. The number of methoxy groups -OCH3 is 2. The Morgan fingerprint density at radius 3 is 2.00 bits per heavy atom. The second kappa shape index (κ2) is 7.66. The van der Waals surface area contributed by atoms with Gasteiger partial charge in [0.1, 0.15) is 11.5 Å². The number of likely N-dealkylation sites (N-methyl/N-ethyl adjacent to an activating group) is 2. The highest BCUT2D eigenvalue weighted by Crippen LogP contribution is 2.42. The molecule has 2 unspecified atom stereocenters. The van der Waals surface area contributed by atoms with Gasteiger partial charge in [-0.3, -0.25) is 0 Å². The van der Waals surface area contributed by atoms with Crippen LogP contribution in [0, 0.1) is 0 Å². The Morgan fingerprint density at radius 1 is 1.14 bits per heavy atom. The van der Waals surface area contributed by atoms with Crippen molar-refractivity contribution >= 4 is 0 Å². The lowest BCUT2D eigenvalue weighted by atomic mass is 9.82. The van der Waals surface area contributed by atoms with E-state index in [0.29, 0.717) is 0 Å². The van der Waals surface area contributed by atoms with Gasteiger partial charge in [0.2, 0.25) is 0 Å². The van der Waals surface area contributed by atoms with Gasteiger partial charge < -0.3 is 19.7 Å². The smallest absolute Gasteiger partial charge is 0.127 e. The van der Waals surface area contributed by atoms with Crippen molar-refractivity contribution in [1.82, 2.24) is 10.2 Å². The van der Waals surface area contributed by atoms with Crippen molar-refractivity contribution in [2.75, 3.05) is 34.9 Å². The summed E-state index contributed by atoms with van der Waals surface area (Å²) in [6.45, 7) is 7.49. The summed E-state index contributed by atoms with van der Waals surface area (Å²) in [6, 6.07) is 6.07. The van der Waals surface area contributed by atoms with Crippen LogP contribution >= 0.6 is 0 Å². The number of nitrogens with zero attached hydrogens (tertiary/aromatic N) is 1. The highest BCUT2D eigenvalue weighted by atomic mass is 16.5. The third-order valence-corrected chi connectivity index (χ3v) is 4.52. The lowest BCUT2D eigenvalue weighted by Crippen LogP contribution is -2.51. The molecule has 120 valence electrons. The number of rotatable bonds is 8. The molecule has 1 aromatic carbocycles. The van der Waals surface area contributed by atoms with Crippen molar-refractivity contribution in [3.05, 3.63) is 23.8 Å². The van der Waals surface area contributed by atoms with Gasteiger partial charge in [-0.05, 0) is 46.1 Å². The Bertz CT molecular complexity index is 426. The molecule has 0 saturated heterocycles. The Kier molecular flexibility index (Phi) is 6.49. The molecule has 0 amide bonds. The minimum Gasteiger partial charge on any atom is -0.496 e. The molecule has 4 heteroatoms. The lowest BCUT2D eigenvalue weighted by molar-refractivity contribution is 0.110. The molecular weight excluding hydrogens is 264 g/mol. The fourth-order valence-corrected chi connectivity index (χ4v) is 2.78. The van der Waals surface area contributed by atoms with Crippen molar-refractivity contribution in [2.45, 2.75) is 38.8 Å². The zero-order chi connectivity index (χ0) is 16.0. The Morgan fingerprint density at radius 2 is 1.67 bits per heavy atom. The molecule has 0 bridgehead atoms. The molecule has 4 nitrogen and oxygen atoms in total. The van der Waals surface area contributed by atoms with Crippen LogP contribution in [0.25, 0.3) is 0 Å². The quantitative estimate of drug-likeness (QED) is 0.799. The molecule has 0 aromatic heterocycles. The molecule has 21 heavy (non-hydrogen) atoms. The van der Waals surface area contributed by atoms with Gasteiger partial charge in [-0.2, -0.15) is 0 Å². The summed E-state index contributed by atoms with van der Waals surface area (Å²) in [5.74, 6) is 1.73. The molecule has 0 heterocycles. The van der Waals surface area contributed by atoms with E-state index >= 15 is 0 Å². The average Bonchev–Trinajstić information content (AvgIpc) is 2.50. The van der Waals surface area contributed by atoms with Gasteiger partial charge in [0.25, 0.3) is 0 Å². The average molecular weight is 294 g/mol. The topological polar surface area (TPSA) is 33.7 Å². The second-order valence-corrected chi connectivity index (χ2v) is 5.67. The van der Waals surface area contributed by atoms with Gasteiger partial charge in [-0.1, -0.05) is 19.9 Å². The van der Waals surface area contributed by atoms with E-state index in [4.69, 9.17) is 9.47 Å². The summed E-state index contributed by atoms with van der Waals surface area (Å²) in [5, 5.41) is 3.62. The third kappa shape index (κ3) is 3.50. The van der Waals surface area contributed by atoms with Crippen LogP contribution in [0.1, 0.15) is 38.8 Å². The Balaban J connectivity index is 3.47. The van der Waals surface area contributed by atoms with E-state index in [2.05, 4.69) is 45.1 Å². The molecular formula is C17H30N2O2. The van der Waals surface area contributed by atoms with E-state index in [1.165, 1.54) is 0 Å². The molecule has 2 atom stereocenters. The van der Waals surface area contributed by atoms with Crippen molar-refractivity contribution in [3.63, 3.8) is 0 Å². The summed E-state index contributed by atoms with van der Waals surface area (Å²) in [6.07, 6.45) is 1.01. The van der Waals surface area contributed by atoms with E-state index < -0.39 is 0 Å². The minimum absolute atomic E-state index is 0.0437. The zero-order valence-electron chi connectivity index (χ0n) is 14.5. The van der Waals surface area contributed by atoms with E-state index in [0.717, 1.165) is 30.0 Å². The first-order valence-electron chi connectivity index (χ1n) is 7.57. The Hall–Kier alpha value is -1.26. The standard InChI is InChI=1S/C17H30N2O2/c1-8-17(3,19(4)5)16(18-9-2)15-13(20-6)11-10-12-14(15)21-7/h10-12,16,18H,8-9H2,1-7H3. The summed E-state index contributed by atoms with van der Waals surface area (Å²) >= 11 is 0. The van der Waals surface area contributed by atoms with Crippen molar-refractivity contribution in [2.24, 2.45) is 0 Å². The largest absolute Gasteiger partial charge is 0.496 e. The monoisotopic (exact) mass is 294 g/mol. The van der Waals surface area contributed by atoms with E-state index in [9.17, 15) is 0 Å². The van der Waals surface area contributed by atoms with Crippen LogP contribution in [0.2, 0.25) is 0 Å². The fourth-order valence-electron chi connectivity index (χ4n) is 2.78. The molecule has 0 saturated carbocycles. The first-order valence-corrected chi connectivity index (χ1v) is 7.57. The van der Waals surface area contributed by atoms with Gasteiger partial charge in [-0.15, -0.1) is 0 Å². The van der Waals surface area contributed by atoms with Crippen molar-refractivity contribution in [1.29, 1.82) is 0 Å². The summed E-state index contributed by atoms with van der Waals surface area (Å²) < 4.78 is 11.2. The van der Waals surface area contributed by atoms with Crippen LogP contribution in [-0.2, 0) is 0 Å². The summed E-state index contributed by atoms with van der Waals surface area (Å²) in [5.41, 5.74) is 1.04. The van der Waals surface area contributed by atoms with Crippen LogP contribution < -0.4 is 14.8 Å². The maximum absolute atomic E-state index is 5.60. The SMILES string of the molecule is CCNC(c1c(OC)cccc1OC)C(C)(CC)N(C)C. The molecule has 1 aromatic rings. The van der Waals surface area contributed by atoms with Crippen LogP contribution in [-0.4, -0.2) is 45.3 Å². The molecule has 0 spiro atoms. The van der Waals surface area contributed by atoms with Gasteiger partial charge in [0.15, 0.2) is 0 Å². The lowest BCUT2D eigenvalue weighted by Gasteiger charge is -2.44. The number of ether oxygens (including phenoxy) is 2. The van der Waals surface area contributed by atoms with E-state index in [1.807, 2.05) is 18.2 Å². The van der Waals surface area contributed by atoms with Crippen LogP contribution in [0.15, 0.2) is 18.2 Å². The first kappa shape index (κ1) is 17.8.